The van der Waals surface area contributed by atoms with Crippen LogP contribution in [0.25, 0.3) is 5.69 Å². The van der Waals surface area contributed by atoms with Crippen LogP contribution in [0, 0.1) is 20.8 Å². The van der Waals surface area contributed by atoms with Crippen LogP contribution in [0.15, 0.2) is 18.2 Å². The summed E-state index contributed by atoms with van der Waals surface area (Å²) in [7, 11) is -1.42. The maximum absolute atomic E-state index is 12.8. The zero-order valence-electron chi connectivity index (χ0n) is 14.9. The van der Waals surface area contributed by atoms with E-state index >= 15 is 0 Å². The molecule has 1 aliphatic rings. The number of sulfone groups is 1. The number of aryl methyl sites for hydroxylation is 2. The molecule has 7 nitrogen and oxygen atoms in total. The largest absolute Gasteiger partial charge is 0.336 e. The molecule has 1 aromatic heterocycles. The van der Waals surface area contributed by atoms with Gasteiger partial charge in [0.15, 0.2) is 15.5 Å². The van der Waals surface area contributed by atoms with Gasteiger partial charge in [0.05, 0.1) is 22.9 Å². The smallest absolute Gasteiger partial charge is 0.276 e. The summed E-state index contributed by atoms with van der Waals surface area (Å²) in [6, 6.07) is 5.73. The molecular formula is C17H22N4O3S. The van der Waals surface area contributed by atoms with E-state index < -0.39 is 9.84 Å². The van der Waals surface area contributed by atoms with E-state index in [1.54, 1.807) is 18.7 Å². The molecular weight excluding hydrogens is 340 g/mol. The van der Waals surface area contributed by atoms with E-state index in [-0.39, 0.29) is 29.1 Å². The number of aromatic nitrogens is 3. The topological polar surface area (TPSA) is 85.2 Å². The number of carbonyl (C=O) groups excluding carboxylic acids is 1. The van der Waals surface area contributed by atoms with Crippen LogP contribution < -0.4 is 0 Å². The van der Waals surface area contributed by atoms with Crippen molar-refractivity contribution in [2.75, 3.05) is 18.6 Å². The summed E-state index contributed by atoms with van der Waals surface area (Å²) < 4.78 is 25.0. The second-order valence-corrected chi connectivity index (χ2v) is 8.98. The van der Waals surface area contributed by atoms with Gasteiger partial charge >= 0.3 is 0 Å². The molecule has 1 aromatic carbocycles. The molecule has 2 heterocycles. The van der Waals surface area contributed by atoms with E-state index in [0.717, 1.165) is 16.8 Å². The molecule has 0 N–H and O–H groups in total. The average molecular weight is 362 g/mol. The van der Waals surface area contributed by atoms with Crippen molar-refractivity contribution < 1.29 is 13.2 Å². The van der Waals surface area contributed by atoms with Gasteiger partial charge < -0.3 is 4.90 Å². The lowest BCUT2D eigenvalue weighted by Crippen LogP contribution is -2.38. The summed E-state index contributed by atoms with van der Waals surface area (Å²) >= 11 is 0. The molecule has 0 saturated carbocycles. The van der Waals surface area contributed by atoms with E-state index in [1.807, 2.05) is 26.0 Å². The van der Waals surface area contributed by atoms with E-state index in [0.29, 0.717) is 12.1 Å². The van der Waals surface area contributed by atoms with Crippen LogP contribution in [-0.4, -0.2) is 58.8 Å². The molecule has 1 unspecified atom stereocenters. The highest BCUT2D eigenvalue weighted by Crippen LogP contribution is 2.20. The van der Waals surface area contributed by atoms with Gasteiger partial charge in [-0.25, -0.2) is 13.1 Å². The lowest BCUT2D eigenvalue weighted by atomic mass is 10.1. The highest BCUT2D eigenvalue weighted by atomic mass is 32.2. The minimum atomic E-state index is -3.05. The fourth-order valence-electron chi connectivity index (χ4n) is 3.26. The monoisotopic (exact) mass is 362 g/mol. The van der Waals surface area contributed by atoms with Crippen molar-refractivity contribution in [1.82, 2.24) is 19.9 Å². The zero-order chi connectivity index (χ0) is 18.4. The Morgan fingerprint density at radius 2 is 1.84 bits per heavy atom. The van der Waals surface area contributed by atoms with Gasteiger partial charge in [-0.2, -0.15) is 0 Å². The van der Waals surface area contributed by atoms with Gasteiger partial charge in [0.1, 0.15) is 0 Å². The second-order valence-electron chi connectivity index (χ2n) is 6.75. The molecule has 0 bridgehead atoms. The molecule has 2 aromatic rings. The van der Waals surface area contributed by atoms with Crippen LogP contribution in [0.3, 0.4) is 0 Å². The third-order valence-electron chi connectivity index (χ3n) is 4.62. The van der Waals surface area contributed by atoms with Crippen molar-refractivity contribution in [3.63, 3.8) is 0 Å². The van der Waals surface area contributed by atoms with Gasteiger partial charge in [0, 0.05) is 13.1 Å². The van der Waals surface area contributed by atoms with Crippen LogP contribution in [-0.2, 0) is 9.84 Å². The van der Waals surface area contributed by atoms with E-state index in [9.17, 15) is 13.2 Å². The number of nitrogens with zero attached hydrogens (tertiary/aromatic N) is 4. The van der Waals surface area contributed by atoms with Crippen LogP contribution in [0.2, 0.25) is 0 Å². The fraction of sp³-hybridized carbons (Fsp3) is 0.471. The maximum atomic E-state index is 12.8. The van der Waals surface area contributed by atoms with Crippen molar-refractivity contribution in [2.45, 2.75) is 33.2 Å². The Hall–Kier alpha value is -2.22. The van der Waals surface area contributed by atoms with Crippen LogP contribution >= 0.6 is 0 Å². The zero-order valence-corrected chi connectivity index (χ0v) is 15.7. The Bertz CT molecular complexity index is 913. The van der Waals surface area contributed by atoms with Gasteiger partial charge in [-0.3, -0.25) is 4.79 Å². The molecule has 1 fully saturated rings. The Kier molecular flexibility index (Phi) is 4.40. The van der Waals surface area contributed by atoms with E-state index in [2.05, 4.69) is 16.4 Å². The molecule has 1 aliphatic heterocycles. The van der Waals surface area contributed by atoms with Crippen LogP contribution in [0.1, 0.15) is 33.7 Å². The van der Waals surface area contributed by atoms with E-state index in [1.165, 1.54) is 4.90 Å². The number of rotatable bonds is 3. The molecule has 0 spiro atoms. The van der Waals surface area contributed by atoms with Crippen LogP contribution in [0.4, 0.5) is 0 Å². The first-order valence-electron chi connectivity index (χ1n) is 8.16. The number of hydrogen-bond acceptors (Lipinski definition) is 5. The standard InChI is InChI=1S/C17H22N4O3S/c1-11-7-12(2)9-15(8-11)21-13(3)16(18-19-21)17(22)20(4)14-5-6-25(23,24)10-14/h7-9,14H,5-6,10H2,1-4H3. The van der Waals surface area contributed by atoms with Gasteiger partial charge in [-0.15, -0.1) is 5.10 Å². The lowest BCUT2D eigenvalue weighted by Gasteiger charge is -2.22. The molecule has 0 radical (unpaired) electrons. The second kappa shape index (κ2) is 6.25. The molecule has 1 amide bonds. The Balaban J connectivity index is 1.89. The molecule has 3 rings (SSSR count). The number of hydrogen-bond donors (Lipinski definition) is 0. The van der Waals surface area contributed by atoms with E-state index in [4.69, 9.17) is 0 Å². The summed E-state index contributed by atoms with van der Waals surface area (Å²) in [5.41, 5.74) is 3.96. The highest BCUT2D eigenvalue weighted by molar-refractivity contribution is 7.91. The molecule has 1 atom stereocenters. The Morgan fingerprint density at radius 3 is 2.40 bits per heavy atom. The van der Waals surface area contributed by atoms with Crippen molar-refractivity contribution in [2.24, 2.45) is 0 Å². The minimum absolute atomic E-state index is 0.0134. The molecule has 0 aliphatic carbocycles. The van der Waals surface area contributed by atoms with Gasteiger partial charge in [0.2, 0.25) is 0 Å². The number of carbonyl (C=O) groups is 1. The van der Waals surface area contributed by atoms with Gasteiger partial charge in [0.25, 0.3) is 5.91 Å². The van der Waals surface area contributed by atoms with Crippen molar-refractivity contribution >= 4 is 15.7 Å². The highest BCUT2D eigenvalue weighted by Gasteiger charge is 2.34. The summed E-state index contributed by atoms with van der Waals surface area (Å²) in [4.78, 5) is 14.2. The number of amides is 1. The third-order valence-corrected chi connectivity index (χ3v) is 6.37. The molecule has 25 heavy (non-hydrogen) atoms. The summed E-state index contributed by atoms with van der Waals surface area (Å²) in [6.07, 6.45) is 0.467. The first-order valence-corrected chi connectivity index (χ1v) is 9.98. The fourth-order valence-corrected chi connectivity index (χ4v) is 5.03. The first kappa shape index (κ1) is 17.6. The molecule has 1 saturated heterocycles. The lowest BCUT2D eigenvalue weighted by molar-refractivity contribution is 0.0741. The van der Waals surface area contributed by atoms with Crippen LogP contribution in [0.5, 0.6) is 0 Å². The Morgan fingerprint density at radius 1 is 1.20 bits per heavy atom. The number of benzene rings is 1. The minimum Gasteiger partial charge on any atom is -0.336 e. The maximum Gasteiger partial charge on any atom is 0.276 e. The summed E-state index contributed by atoms with van der Waals surface area (Å²) in [6.45, 7) is 5.80. The predicted molar refractivity (Wildman–Crippen MR) is 94.7 cm³/mol. The molecule has 134 valence electrons. The SMILES string of the molecule is Cc1cc(C)cc(-n2nnc(C(=O)N(C)C3CCS(=O)(=O)C3)c2C)c1. The quantitative estimate of drug-likeness (QED) is 0.825. The Labute approximate surface area is 147 Å². The molecule has 8 heteroatoms. The summed E-state index contributed by atoms with van der Waals surface area (Å²) in [5.74, 6) is -0.154. The van der Waals surface area contributed by atoms with Crippen molar-refractivity contribution in [1.29, 1.82) is 0 Å². The summed E-state index contributed by atoms with van der Waals surface area (Å²) in [5, 5.41) is 8.18. The van der Waals surface area contributed by atoms with Gasteiger partial charge in [-0.05, 0) is 50.5 Å². The first-order chi connectivity index (χ1) is 11.7. The normalized spacial score (nSPS) is 19.1. The van der Waals surface area contributed by atoms with Crippen molar-refractivity contribution in [3.05, 3.63) is 40.7 Å². The van der Waals surface area contributed by atoms with Crippen molar-refractivity contribution in [3.8, 4) is 5.69 Å². The third kappa shape index (κ3) is 3.44. The predicted octanol–water partition coefficient (Wildman–Crippen LogP) is 1.45. The average Bonchev–Trinajstić information content (AvgIpc) is 3.07. The van der Waals surface area contributed by atoms with Gasteiger partial charge in [-0.1, -0.05) is 11.3 Å².